The Morgan fingerprint density at radius 1 is 1.57 bits per heavy atom. The SMILES string of the molecule is CCNc1cc(C)c(C#N)c(NC)n1. The Morgan fingerprint density at radius 3 is 2.79 bits per heavy atom. The number of aromatic nitrogens is 1. The van der Waals surface area contributed by atoms with Crippen LogP contribution in [0.4, 0.5) is 11.6 Å². The van der Waals surface area contributed by atoms with Crippen LogP contribution in [0.25, 0.3) is 0 Å². The number of nitrogens with zero attached hydrogens (tertiary/aromatic N) is 2. The molecule has 14 heavy (non-hydrogen) atoms. The van der Waals surface area contributed by atoms with Gasteiger partial charge in [-0.05, 0) is 25.5 Å². The highest BCUT2D eigenvalue weighted by Crippen LogP contribution is 2.19. The van der Waals surface area contributed by atoms with E-state index in [1.54, 1.807) is 7.05 Å². The van der Waals surface area contributed by atoms with Gasteiger partial charge in [0.15, 0.2) is 0 Å². The molecule has 2 N–H and O–H groups in total. The summed E-state index contributed by atoms with van der Waals surface area (Å²) in [4.78, 5) is 4.27. The topological polar surface area (TPSA) is 60.7 Å². The second-order valence-electron chi connectivity index (χ2n) is 2.94. The molecule has 0 spiro atoms. The first-order chi connectivity index (χ1) is 6.72. The third kappa shape index (κ3) is 1.94. The molecule has 0 saturated carbocycles. The molecule has 74 valence electrons. The predicted molar refractivity (Wildman–Crippen MR) is 57.4 cm³/mol. The molecule has 0 aliphatic rings. The van der Waals surface area contributed by atoms with E-state index in [0.29, 0.717) is 11.4 Å². The minimum Gasteiger partial charge on any atom is -0.372 e. The normalized spacial score (nSPS) is 9.29. The van der Waals surface area contributed by atoms with Crippen LogP contribution in [-0.2, 0) is 0 Å². The van der Waals surface area contributed by atoms with Crippen LogP contribution in [0, 0.1) is 18.3 Å². The molecule has 0 aliphatic heterocycles. The Hall–Kier alpha value is -1.76. The third-order valence-electron chi connectivity index (χ3n) is 1.92. The molecule has 4 nitrogen and oxygen atoms in total. The van der Waals surface area contributed by atoms with E-state index in [0.717, 1.165) is 17.9 Å². The Bertz CT molecular complexity index is 365. The first-order valence-corrected chi connectivity index (χ1v) is 4.56. The quantitative estimate of drug-likeness (QED) is 0.762. The Balaban J connectivity index is 3.19. The lowest BCUT2D eigenvalue weighted by atomic mass is 10.1. The first-order valence-electron chi connectivity index (χ1n) is 4.56. The van der Waals surface area contributed by atoms with Crippen molar-refractivity contribution in [2.24, 2.45) is 0 Å². The van der Waals surface area contributed by atoms with Gasteiger partial charge in [0.25, 0.3) is 0 Å². The lowest BCUT2D eigenvalue weighted by Gasteiger charge is -2.09. The van der Waals surface area contributed by atoms with Crippen molar-refractivity contribution >= 4 is 11.6 Å². The molecule has 0 unspecified atom stereocenters. The summed E-state index contributed by atoms with van der Waals surface area (Å²) in [5.74, 6) is 1.43. The molecule has 0 amide bonds. The molecule has 1 aromatic heterocycles. The number of nitriles is 1. The van der Waals surface area contributed by atoms with E-state index in [-0.39, 0.29) is 0 Å². The standard InChI is InChI=1S/C10H14N4/c1-4-13-9-5-7(2)8(6-11)10(12-3)14-9/h5H,4H2,1-3H3,(H2,12,13,14). The van der Waals surface area contributed by atoms with Gasteiger partial charge < -0.3 is 10.6 Å². The molecule has 0 saturated heterocycles. The fraction of sp³-hybridized carbons (Fsp3) is 0.400. The highest BCUT2D eigenvalue weighted by Gasteiger charge is 2.07. The van der Waals surface area contributed by atoms with Crippen LogP contribution in [0.2, 0.25) is 0 Å². The van der Waals surface area contributed by atoms with Crippen molar-refractivity contribution in [1.82, 2.24) is 4.98 Å². The average molecular weight is 190 g/mol. The molecule has 0 aromatic carbocycles. The van der Waals surface area contributed by atoms with Crippen molar-refractivity contribution in [3.8, 4) is 6.07 Å². The summed E-state index contributed by atoms with van der Waals surface area (Å²) >= 11 is 0. The van der Waals surface area contributed by atoms with Gasteiger partial charge in [0.05, 0.1) is 5.56 Å². The molecule has 0 radical (unpaired) electrons. The van der Waals surface area contributed by atoms with E-state index in [1.165, 1.54) is 0 Å². The number of aryl methyl sites for hydroxylation is 1. The zero-order chi connectivity index (χ0) is 10.6. The van der Waals surface area contributed by atoms with Gasteiger partial charge >= 0.3 is 0 Å². The largest absolute Gasteiger partial charge is 0.372 e. The van der Waals surface area contributed by atoms with Crippen molar-refractivity contribution in [1.29, 1.82) is 5.26 Å². The summed E-state index contributed by atoms with van der Waals surface area (Å²) in [6.45, 7) is 4.73. The van der Waals surface area contributed by atoms with Crippen LogP contribution in [0.3, 0.4) is 0 Å². The summed E-state index contributed by atoms with van der Waals surface area (Å²) < 4.78 is 0. The summed E-state index contributed by atoms with van der Waals surface area (Å²) in [5, 5.41) is 14.9. The van der Waals surface area contributed by atoms with Gasteiger partial charge in [-0.2, -0.15) is 5.26 Å². The highest BCUT2D eigenvalue weighted by molar-refractivity contribution is 5.60. The van der Waals surface area contributed by atoms with Crippen molar-refractivity contribution in [2.45, 2.75) is 13.8 Å². The maximum atomic E-state index is 8.90. The van der Waals surface area contributed by atoms with Gasteiger partial charge in [-0.15, -0.1) is 0 Å². The molecule has 0 fully saturated rings. The Morgan fingerprint density at radius 2 is 2.29 bits per heavy atom. The summed E-state index contributed by atoms with van der Waals surface area (Å²) in [7, 11) is 1.76. The van der Waals surface area contributed by atoms with E-state index in [2.05, 4.69) is 21.7 Å². The molecule has 0 aliphatic carbocycles. The van der Waals surface area contributed by atoms with Crippen LogP contribution >= 0.6 is 0 Å². The molecule has 1 aromatic rings. The molecule has 4 heteroatoms. The van der Waals surface area contributed by atoms with Gasteiger partial charge in [0.2, 0.25) is 0 Å². The third-order valence-corrected chi connectivity index (χ3v) is 1.92. The van der Waals surface area contributed by atoms with E-state index in [1.807, 2.05) is 19.9 Å². The van der Waals surface area contributed by atoms with E-state index in [9.17, 15) is 0 Å². The van der Waals surface area contributed by atoms with Crippen LogP contribution in [0.15, 0.2) is 6.07 Å². The fourth-order valence-electron chi connectivity index (χ4n) is 1.27. The molecule has 1 heterocycles. The zero-order valence-corrected chi connectivity index (χ0v) is 8.68. The predicted octanol–water partition coefficient (Wildman–Crippen LogP) is 1.74. The molecule has 1 rings (SSSR count). The van der Waals surface area contributed by atoms with Crippen LogP contribution < -0.4 is 10.6 Å². The fourth-order valence-corrected chi connectivity index (χ4v) is 1.27. The van der Waals surface area contributed by atoms with Gasteiger partial charge in [-0.25, -0.2) is 4.98 Å². The molecule has 0 bridgehead atoms. The summed E-state index contributed by atoms with van der Waals surface area (Å²) in [5.41, 5.74) is 1.54. The monoisotopic (exact) mass is 190 g/mol. The van der Waals surface area contributed by atoms with Crippen LogP contribution in [0.1, 0.15) is 18.1 Å². The highest BCUT2D eigenvalue weighted by atomic mass is 15.0. The number of rotatable bonds is 3. The lowest BCUT2D eigenvalue weighted by Crippen LogP contribution is -2.04. The van der Waals surface area contributed by atoms with Crippen molar-refractivity contribution in [3.63, 3.8) is 0 Å². The number of nitrogens with one attached hydrogen (secondary N) is 2. The Kier molecular flexibility index (Phi) is 3.29. The second-order valence-corrected chi connectivity index (χ2v) is 2.94. The zero-order valence-electron chi connectivity index (χ0n) is 8.68. The average Bonchev–Trinajstić information content (AvgIpc) is 2.17. The van der Waals surface area contributed by atoms with Crippen molar-refractivity contribution < 1.29 is 0 Å². The van der Waals surface area contributed by atoms with Gasteiger partial charge in [-0.3, -0.25) is 0 Å². The van der Waals surface area contributed by atoms with Crippen molar-refractivity contribution in [3.05, 3.63) is 17.2 Å². The summed E-state index contributed by atoms with van der Waals surface area (Å²) in [6.07, 6.45) is 0. The smallest absolute Gasteiger partial charge is 0.146 e. The maximum absolute atomic E-state index is 8.90. The number of anilines is 2. The Labute approximate surface area is 84.0 Å². The lowest BCUT2D eigenvalue weighted by molar-refractivity contribution is 1.14. The van der Waals surface area contributed by atoms with Gasteiger partial charge in [0.1, 0.15) is 17.7 Å². The van der Waals surface area contributed by atoms with Crippen molar-refractivity contribution in [2.75, 3.05) is 24.2 Å². The van der Waals surface area contributed by atoms with Gasteiger partial charge in [0, 0.05) is 13.6 Å². The van der Waals surface area contributed by atoms with Gasteiger partial charge in [-0.1, -0.05) is 0 Å². The minimum atomic E-state index is 0.606. The molecular formula is C10H14N4. The summed E-state index contributed by atoms with van der Waals surface area (Å²) in [6, 6.07) is 4.01. The first kappa shape index (κ1) is 10.3. The minimum absolute atomic E-state index is 0.606. The van der Waals surface area contributed by atoms with Crippen LogP contribution in [-0.4, -0.2) is 18.6 Å². The van der Waals surface area contributed by atoms with Crippen LogP contribution in [0.5, 0.6) is 0 Å². The maximum Gasteiger partial charge on any atom is 0.146 e. The molecular weight excluding hydrogens is 176 g/mol. The molecule has 0 atom stereocenters. The number of hydrogen-bond acceptors (Lipinski definition) is 4. The van der Waals surface area contributed by atoms with E-state index < -0.39 is 0 Å². The number of pyridine rings is 1. The second kappa shape index (κ2) is 4.47. The van der Waals surface area contributed by atoms with E-state index >= 15 is 0 Å². The van der Waals surface area contributed by atoms with E-state index in [4.69, 9.17) is 5.26 Å². The number of hydrogen-bond donors (Lipinski definition) is 2.